The van der Waals surface area contributed by atoms with Crippen LogP contribution in [0.1, 0.15) is 41.2 Å². The van der Waals surface area contributed by atoms with Crippen LogP contribution in [0.4, 0.5) is 4.39 Å². The van der Waals surface area contributed by atoms with E-state index < -0.39 is 11.2 Å². The summed E-state index contributed by atoms with van der Waals surface area (Å²) in [5.74, 6) is -0.508. The lowest BCUT2D eigenvalue weighted by molar-refractivity contribution is 0.0772. The number of nitrogens with one attached hydrogen (secondary N) is 2. The highest BCUT2D eigenvalue weighted by molar-refractivity contribution is 5.98. The Morgan fingerprint density at radius 3 is 2.76 bits per heavy atom. The van der Waals surface area contributed by atoms with E-state index in [0.29, 0.717) is 30.7 Å². The third-order valence-corrected chi connectivity index (χ3v) is 6.42. The maximum Gasteiger partial charge on any atom is 0.330 e. The average Bonchev–Trinajstić information content (AvgIpc) is 3.57. The zero-order valence-corrected chi connectivity index (χ0v) is 17.6. The van der Waals surface area contributed by atoms with Crippen molar-refractivity contribution in [3.63, 3.8) is 0 Å². The lowest BCUT2D eigenvalue weighted by Crippen LogP contribution is -2.35. The number of carbonyl (C=O) groups is 1. The van der Waals surface area contributed by atoms with Crippen LogP contribution in [0.2, 0.25) is 0 Å². The molecule has 4 aromatic rings. The van der Waals surface area contributed by atoms with Crippen molar-refractivity contribution in [1.29, 1.82) is 0 Å². The number of H-pyrrole nitrogens is 2. The molecule has 1 saturated carbocycles. The summed E-state index contributed by atoms with van der Waals surface area (Å²) in [4.78, 5) is 49.2. The summed E-state index contributed by atoms with van der Waals surface area (Å²) in [6.45, 7) is 0.923. The van der Waals surface area contributed by atoms with Gasteiger partial charge in [0.25, 0.3) is 11.5 Å². The van der Waals surface area contributed by atoms with Gasteiger partial charge in [-0.3, -0.25) is 19.1 Å². The van der Waals surface area contributed by atoms with Gasteiger partial charge in [-0.1, -0.05) is 6.08 Å². The van der Waals surface area contributed by atoms with Crippen LogP contribution in [0.15, 0.2) is 52.3 Å². The summed E-state index contributed by atoms with van der Waals surface area (Å²) in [7, 11) is 0. The smallest absolute Gasteiger partial charge is 0.330 e. The van der Waals surface area contributed by atoms with Crippen molar-refractivity contribution < 1.29 is 9.18 Å². The van der Waals surface area contributed by atoms with Gasteiger partial charge in [-0.15, -0.1) is 0 Å². The minimum absolute atomic E-state index is 0.0533. The highest BCUT2D eigenvalue weighted by Gasteiger charge is 2.28. The molecule has 4 heterocycles. The molecule has 33 heavy (non-hydrogen) atoms. The van der Waals surface area contributed by atoms with Gasteiger partial charge in [0.1, 0.15) is 11.5 Å². The van der Waals surface area contributed by atoms with E-state index in [1.807, 2.05) is 12.3 Å². The topological polar surface area (TPSA) is 104 Å². The summed E-state index contributed by atoms with van der Waals surface area (Å²) in [5.41, 5.74) is 2.47. The van der Waals surface area contributed by atoms with Crippen LogP contribution in [-0.2, 0) is 0 Å². The molecule has 0 unspecified atom stereocenters. The van der Waals surface area contributed by atoms with Gasteiger partial charge in [0.2, 0.25) is 0 Å². The van der Waals surface area contributed by atoms with Crippen molar-refractivity contribution in [2.75, 3.05) is 13.1 Å². The van der Waals surface area contributed by atoms with Crippen molar-refractivity contribution >= 4 is 33.4 Å². The van der Waals surface area contributed by atoms with Crippen LogP contribution in [-0.4, -0.2) is 43.4 Å². The lowest BCUT2D eigenvalue weighted by Gasteiger charge is -2.26. The Balaban J connectivity index is 1.28. The van der Waals surface area contributed by atoms with E-state index in [1.54, 1.807) is 11.0 Å². The van der Waals surface area contributed by atoms with Crippen molar-refractivity contribution in [3.8, 4) is 0 Å². The number of rotatable bonds is 3. The normalized spacial score (nSPS) is 16.4. The summed E-state index contributed by atoms with van der Waals surface area (Å²) >= 11 is 0. The van der Waals surface area contributed by atoms with E-state index in [2.05, 4.69) is 15.0 Å². The maximum absolute atomic E-state index is 13.5. The van der Waals surface area contributed by atoms with Gasteiger partial charge in [-0.05, 0) is 49.1 Å². The van der Waals surface area contributed by atoms with Crippen LogP contribution in [0.5, 0.6) is 0 Å². The first-order chi connectivity index (χ1) is 16.0. The predicted molar refractivity (Wildman–Crippen MR) is 122 cm³/mol. The molecule has 166 valence electrons. The molecular weight excluding hydrogens is 425 g/mol. The molecule has 9 heteroatoms. The fraction of sp³-hybridized carbons (Fsp3) is 0.250. The Kier molecular flexibility index (Phi) is 4.33. The number of halogens is 1. The van der Waals surface area contributed by atoms with E-state index in [9.17, 15) is 18.8 Å². The first-order valence-corrected chi connectivity index (χ1v) is 10.9. The highest BCUT2D eigenvalue weighted by atomic mass is 19.1. The molecule has 8 nitrogen and oxygen atoms in total. The van der Waals surface area contributed by atoms with Gasteiger partial charge >= 0.3 is 5.69 Å². The van der Waals surface area contributed by atoms with E-state index in [4.69, 9.17) is 0 Å². The zero-order chi connectivity index (χ0) is 22.7. The second kappa shape index (κ2) is 7.26. The molecule has 2 N–H and O–H groups in total. The van der Waals surface area contributed by atoms with Crippen LogP contribution in [0.25, 0.3) is 27.5 Å². The molecule has 1 fully saturated rings. The second-order valence-electron chi connectivity index (χ2n) is 8.58. The minimum atomic E-state index is -0.536. The van der Waals surface area contributed by atoms with Crippen LogP contribution in [0, 0.1) is 5.82 Å². The first-order valence-electron chi connectivity index (χ1n) is 10.9. The number of benzene rings is 1. The van der Waals surface area contributed by atoms with Crippen molar-refractivity contribution in [2.45, 2.75) is 25.3 Å². The summed E-state index contributed by atoms with van der Waals surface area (Å²) in [6, 6.07) is 6.24. The average molecular weight is 445 g/mol. The van der Waals surface area contributed by atoms with Crippen molar-refractivity contribution in [3.05, 3.63) is 80.5 Å². The van der Waals surface area contributed by atoms with Crippen molar-refractivity contribution in [1.82, 2.24) is 24.4 Å². The molecule has 6 rings (SSSR count). The van der Waals surface area contributed by atoms with Crippen molar-refractivity contribution in [2.24, 2.45) is 0 Å². The Bertz CT molecular complexity index is 1590. The second-order valence-corrected chi connectivity index (χ2v) is 8.58. The number of amides is 1. The number of fused-ring (bicyclic) bond motifs is 2. The minimum Gasteiger partial charge on any atom is -0.360 e. The Labute approximate surface area is 186 Å². The molecular formula is C24H20FN5O3. The predicted octanol–water partition coefficient (Wildman–Crippen LogP) is 2.97. The Hall–Kier alpha value is -4.01. The molecule has 1 aliphatic carbocycles. The van der Waals surface area contributed by atoms with E-state index in [-0.39, 0.29) is 23.2 Å². The first kappa shape index (κ1) is 19.7. The van der Waals surface area contributed by atoms with Gasteiger partial charge in [0.15, 0.2) is 0 Å². The fourth-order valence-corrected chi connectivity index (χ4v) is 4.57. The number of hydrogen-bond acceptors (Lipinski definition) is 4. The van der Waals surface area contributed by atoms with Gasteiger partial charge in [0.05, 0.1) is 10.9 Å². The van der Waals surface area contributed by atoms with Gasteiger partial charge in [0, 0.05) is 48.0 Å². The molecule has 1 aromatic carbocycles. The standard InChI is InChI=1S/C24H20FN5O3/c25-15-1-4-17-19(12-26-20(17)10-15)13-5-7-29(8-6-13)23(32)14-9-18-21(27-11-14)30(16-2-3-16)24(33)28-22(18)31/h1,4-5,9-12,16,26H,2-3,6-8H2,(H,28,31,33). The molecule has 2 aliphatic rings. The Morgan fingerprint density at radius 2 is 2.00 bits per heavy atom. The molecule has 1 amide bonds. The Morgan fingerprint density at radius 1 is 1.15 bits per heavy atom. The molecule has 0 spiro atoms. The van der Waals surface area contributed by atoms with Gasteiger partial charge < -0.3 is 9.88 Å². The van der Waals surface area contributed by atoms with Gasteiger partial charge in [-0.25, -0.2) is 14.2 Å². The number of carbonyl (C=O) groups excluding carboxylic acids is 1. The molecule has 1 aliphatic heterocycles. The van der Waals surface area contributed by atoms with Crippen LogP contribution >= 0.6 is 0 Å². The molecule has 3 aromatic heterocycles. The molecule has 0 radical (unpaired) electrons. The number of aromatic amines is 2. The quantitative estimate of drug-likeness (QED) is 0.506. The SMILES string of the molecule is O=C(c1cnc2c(c1)c(=O)[nH]c(=O)n2C1CC1)N1CC=C(c2c[nH]c3cc(F)ccc23)CC1. The third-order valence-electron chi connectivity index (χ3n) is 6.42. The van der Waals surface area contributed by atoms with E-state index in [1.165, 1.54) is 29.0 Å². The van der Waals surface area contributed by atoms with Crippen LogP contribution in [0.3, 0.4) is 0 Å². The lowest BCUT2D eigenvalue weighted by atomic mass is 9.98. The summed E-state index contributed by atoms with van der Waals surface area (Å²) < 4.78 is 15.0. The number of nitrogens with zero attached hydrogens (tertiary/aromatic N) is 3. The summed E-state index contributed by atoms with van der Waals surface area (Å²) in [6.07, 6.45) is 7.70. The zero-order valence-electron chi connectivity index (χ0n) is 17.6. The highest BCUT2D eigenvalue weighted by Crippen LogP contribution is 2.35. The summed E-state index contributed by atoms with van der Waals surface area (Å²) in [5, 5.41) is 1.19. The third kappa shape index (κ3) is 3.27. The largest absolute Gasteiger partial charge is 0.360 e. The van der Waals surface area contributed by atoms with E-state index >= 15 is 0 Å². The molecule has 0 bridgehead atoms. The number of pyridine rings is 1. The number of aromatic nitrogens is 4. The monoisotopic (exact) mass is 445 g/mol. The maximum atomic E-state index is 13.5. The molecule has 0 atom stereocenters. The van der Waals surface area contributed by atoms with Gasteiger partial charge in [-0.2, -0.15) is 0 Å². The fourth-order valence-electron chi connectivity index (χ4n) is 4.57. The number of hydrogen-bond donors (Lipinski definition) is 2. The molecule has 0 saturated heterocycles. The van der Waals surface area contributed by atoms with E-state index in [0.717, 1.165) is 34.9 Å². The van der Waals surface area contributed by atoms with Crippen LogP contribution < -0.4 is 11.2 Å².